The minimum absolute atomic E-state index is 0. The summed E-state index contributed by atoms with van der Waals surface area (Å²) in [5.41, 5.74) is 2.67. The van der Waals surface area contributed by atoms with Crippen molar-refractivity contribution in [2.45, 2.75) is 6.10 Å². The highest BCUT2D eigenvalue weighted by molar-refractivity contribution is 7.92. The summed E-state index contributed by atoms with van der Waals surface area (Å²) >= 11 is 0. The highest BCUT2D eigenvalue weighted by atomic mass is 35.5. The van der Waals surface area contributed by atoms with E-state index in [1.54, 1.807) is 24.3 Å². The molecule has 32 heavy (non-hydrogen) atoms. The summed E-state index contributed by atoms with van der Waals surface area (Å²) in [6, 6.07) is 20.4. The largest absolute Gasteiger partial charge is 0.492 e. The molecule has 1 atom stereocenters. The number of ether oxygens (including phenoxy) is 1. The molecule has 7 nitrogen and oxygen atoms in total. The Morgan fingerprint density at radius 1 is 1.00 bits per heavy atom. The number of rotatable bonds is 9. The van der Waals surface area contributed by atoms with Crippen molar-refractivity contribution in [3.63, 3.8) is 0 Å². The Bertz CT molecular complexity index is 1310. The van der Waals surface area contributed by atoms with Gasteiger partial charge in [0.2, 0.25) is 10.0 Å². The average Bonchev–Trinajstić information content (AvgIpc) is 3.10. The third-order valence-corrected chi connectivity index (χ3v) is 5.42. The van der Waals surface area contributed by atoms with Crippen LogP contribution in [0.25, 0.3) is 21.9 Å². The van der Waals surface area contributed by atoms with Gasteiger partial charge in [0.1, 0.15) is 23.5 Å². The van der Waals surface area contributed by atoms with Crippen LogP contribution in [0.1, 0.15) is 11.7 Å². The zero-order valence-electron chi connectivity index (χ0n) is 17.4. The lowest BCUT2D eigenvalue weighted by molar-refractivity contribution is 0.172. The van der Waals surface area contributed by atoms with Crippen molar-refractivity contribution < 1.29 is 22.7 Å². The lowest BCUT2D eigenvalue weighted by atomic mass is 10.1. The number of hydrogen-bond donors (Lipinski definition) is 3. The quantitative estimate of drug-likeness (QED) is 0.315. The van der Waals surface area contributed by atoms with E-state index in [0.717, 1.165) is 28.2 Å². The molecule has 0 spiro atoms. The van der Waals surface area contributed by atoms with E-state index in [2.05, 4.69) is 10.0 Å². The maximum absolute atomic E-state index is 11.4. The van der Waals surface area contributed by atoms with E-state index in [9.17, 15) is 13.5 Å². The van der Waals surface area contributed by atoms with Crippen LogP contribution in [0.3, 0.4) is 0 Å². The number of fused-ring (bicyclic) bond motifs is 3. The number of para-hydroxylation sites is 1. The van der Waals surface area contributed by atoms with Crippen molar-refractivity contribution in [1.82, 2.24) is 5.32 Å². The second-order valence-corrected chi connectivity index (χ2v) is 9.07. The summed E-state index contributed by atoms with van der Waals surface area (Å²) in [7, 11) is -3.36. The molecule has 0 aliphatic rings. The Balaban J connectivity index is 0.00000289. The number of aliphatic hydroxyl groups excluding tert-OH is 1. The first kappa shape index (κ1) is 23.9. The molecule has 4 aromatic rings. The highest BCUT2D eigenvalue weighted by Crippen LogP contribution is 2.30. The van der Waals surface area contributed by atoms with Gasteiger partial charge in [0.15, 0.2) is 0 Å². The highest BCUT2D eigenvalue weighted by Gasteiger charge is 2.10. The summed E-state index contributed by atoms with van der Waals surface area (Å²) in [4.78, 5) is 0. The predicted octanol–water partition coefficient (Wildman–Crippen LogP) is 4.08. The van der Waals surface area contributed by atoms with Crippen LogP contribution in [0.2, 0.25) is 0 Å². The molecule has 1 heterocycles. The number of hydrogen-bond acceptors (Lipinski definition) is 6. The molecule has 1 aromatic heterocycles. The minimum Gasteiger partial charge on any atom is -0.492 e. The van der Waals surface area contributed by atoms with E-state index in [1.807, 2.05) is 42.5 Å². The Morgan fingerprint density at radius 2 is 1.78 bits per heavy atom. The fraction of sp³-hybridized carbons (Fsp3) is 0.217. The zero-order valence-corrected chi connectivity index (χ0v) is 19.1. The van der Waals surface area contributed by atoms with Gasteiger partial charge in [-0.2, -0.15) is 0 Å². The van der Waals surface area contributed by atoms with Gasteiger partial charge in [0, 0.05) is 35.6 Å². The Kier molecular flexibility index (Phi) is 7.63. The van der Waals surface area contributed by atoms with Gasteiger partial charge in [0.25, 0.3) is 0 Å². The molecule has 0 radical (unpaired) electrons. The van der Waals surface area contributed by atoms with Gasteiger partial charge in [-0.1, -0.05) is 30.3 Å². The molecule has 0 aliphatic carbocycles. The van der Waals surface area contributed by atoms with Gasteiger partial charge in [-0.25, -0.2) is 8.42 Å². The minimum atomic E-state index is -3.36. The molecule has 3 N–H and O–H groups in total. The lowest BCUT2D eigenvalue weighted by Gasteiger charge is -2.14. The van der Waals surface area contributed by atoms with E-state index in [0.29, 0.717) is 36.7 Å². The van der Waals surface area contributed by atoms with Crippen molar-refractivity contribution in [3.8, 4) is 5.75 Å². The van der Waals surface area contributed by atoms with Gasteiger partial charge in [0.05, 0.1) is 12.4 Å². The molecule has 4 rings (SSSR count). The van der Waals surface area contributed by atoms with Crippen LogP contribution in [-0.4, -0.2) is 39.5 Å². The monoisotopic (exact) mass is 476 g/mol. The van der Waals surface area contributed by atoms with E-state index >= 15 is 0 Å². The van der Waals surface area contributed by atoms with Gasteiger partial charge in [-0.05, 0) is 35.9 Å². The van der Waals surface area contributed by atoms with Gasteiger partial charge in [-0.3, -0.25) is 4.72 Å². The molecule has 0 fully saturated rings. The molecule has 1 unspecified atom stereocenters. The topological polar surface area (TPSA) is 101 Å². The fourth-order valence-corrected chi connectivity index (χ4v) is 3.97. The van der Waals surface area contributed by atoms with Crippen molar-refractivity contribution >= 4 is 50.1 Å². The van der Waals surface area contributed by atoms with Gasteiger partial charge in [-0.15, -0.1) is 12.4 Å². The number of anilines is 1. The van der Waals surface area contributed by atoms with Crippen LogP contribution >= 0.6 is 12.4 Å². The summed E-state index contributed by atoms with van der Waals surface area (Å²) < 4.78 is 36.8. The molecule has 0 saturated heterocycles. The van der Waals surface area contributed by atoms with E-state index < -0.39 is 16.1 Å². The molecule has 0 saturated carbocycles. The number of nitrogens with one attached hydrogen (secondary N) is 2. The number of benzene rings is 3. The molecular weight excluding hydrogens is 452 g/mol. The average molecular weight is 477 g/mol. The van der Waals surface area contributed by atoms with Crippen LogP contribution < -0.4 is 14.8 Å². The van der Waals surface area contributed by atoms with Crippen molar-refractivity contribution in [2.24, 2.45) is 0 Å². The van der Waals surface area contributed by atoms with Crippen LogP contribution in [-0.2, 0) is 10.0 Å². The van der Waals surface area contributed by atoms with E-state index in [4.69, 9.17) is 9.15 Å². The number of aliphatic hydroxyl groups is 1. The maximum Gasteiger partial charge on any atom is 0.229 e. The van der Waals surface area contributed by atoms with Gasteiger partial charge < -0.3 is 19.6 Å². The van der Waals surface area contributed by atoms with Gasteiger partial charge >= 0.3 is 0 Å². The maximum atomic E-state index is 11.4. The first-order chi connectivity index (χ1) is 14.9. The van der Waals surface area contributed by atoms with E-state index in [1.165, 1.54) is 0 Å². The number of halogens is 1. The summed E-state index contributed by atoms with van der Waals surface area (Å²) in [6.07, 6.45) is 0.317. The summed E-state index contributed by atoms with van der Waals surface area (Å²) in [5, 5.41) is 15.6. The summed E-state index contributed by atoms with van der Waals surface area (Å²) in [6.45, 7) is 1.28. The van der Waals surface area contributed by atoms with Crippen LogP contribution in [0.4, 0.5) is 5.69 Å². The number of sulfonamides is 1. The first-order valence-electron chi connectivity index (χ1n) is 9.90. The number of furan rings is 1. The van der Waals surface area contributed by atoms with E-state index in [-0.39, 0.29) is 12.4 Å². The van der Waals surface area contributed by atoms with Crippen LogP contribution in [0.5, 0.6) is 5.75 Å². The Morgan fingerprint density at radius 3 is 2.59 bits per heavy atom. The lowest BCUT2D eigenvalue weighted by Crippen LogP contribution is -2.26. The third kappa shape index (κ3) is 5.92. The predicted molar refractivity (Wildman–Crippen MR) is 129 cm³/mol. The molecule has 0 amide bonds. The molecule has 170 valence electrons. The molecule has 9 heteroatoms. The SMILES string of the molecule is CS(=O)(=O)Nc1cccc(C(O)CNCCOc2ccc3c(c2)oc2ccccc23)c1.Cl. The zero-order chi connectivity index (χ0) is 21.8. The first-order valence-corrected chi connectivity index (χ1v) is 11.8. The Labute approximate surface area is 192 Å². The summed E-state index contributed by atoms with van der Waals surface area (Å²) in [5.74, 6) is 0.716. The molecule has 0 bridgehead atoms. The van der Waals surface area contributed by atoms with Crippen LogP contribution in [0.15, 0.2) is 71.1 Å². The molecule has 0 aliphatic heterocycles. The van der Waals surface area contributed by atoms with Crippen molar-refractivity contribution in [1.29, 1.82) is 0 Å². The van der Waals surface area contributed by atoms with Crippen molar-refractivity contribution in [2.75, 3.05) is 30.7 Å². The normalized spacial score (nSPS) is 12.4. The second kappa shape index (κ2) is 10.2. The fourth-order valence-electron chi connectivity index (χ4n) is 3.42. The van der Waals surface area contributed by atoms with Crippen LogP contribution in [0, 0.1) is 0 Å². The Hall–Kier alpha value is -2.78. The van der Waals surface area contributed by atoms with Crippen molar-refractivity contribution in [3.05, 3.63) is 72.3 Å². The molecular formula is C23H25ClN2O5S. The smallest absolute Gasteiger partial charge is 0.229 e. The molecule has 3 aromatic carbocycles. The third-order valence-electron chi connectivity index (χ3n) is 4.81. The standard InChI is InChI=1S/C23H24N2O5S.ClH/c1-31(27,28)25-17-6-4-5-16(13-17)21(26)15-24-11-12-29-18-9-10-20-19-7-2-3-8-22(19)30-23(20)14-18;/h2-10,13-14,21,24-26H,11-12,15H2,1H3;1H. The second-order valence-electron chi connectivity index (χ2n) is 7.32.